The summed E-state index contributed by atoms with van der Waals surface area (Å²) < 4.78 is 1.91. The first-order valence-electron chi connectivity index (χ1n) is 7.59. The zero-order valence-corrected chi connectivity index (χ0v) is 15.4. The van der Waals surface area contributed by atoms with Crippen LogP contribution in [0.2, 0.25) is 5.82 Å². The van der Waals surface area contributed by atoms with E-state index in [1.807, 2.05) is 18.3 Å². The highest BCUT2D eigenvalue weighted by Crippen LogP contribution is 2.28. The lowest BCUT2D eigenvalue weighted by Gasteiger charge is -2.11. The van der Waals surface area contributed by atoms with Crippen molar-refractivity contribution in [3.63, 3.8) is 0 Å². The summed E-state index contributed by atoms with van der Waals surface area (Å²) in [4.78, 5) is 4.78. The highest BCUT2D eigenvalue weighted by molar-refractivity contribution is 9.11. The Morgan fingerprint density at radius 3 is 2.57 bits per heavy atom. The number of aliphatic imine (C=N–C) groups is 1. The molecule has 1 aliphatic rings. The molecule has 1 aromatic carbocycles. The van der Waals surface area contributed by atoms with Gasteiger partial charge in [0, 0.05) is 26.8 Å². The maximum Gasteiger partial charge on any atom is 0.0699 e. The summed E-state index contributed by atoms with van der Waals surface area (Å²) in [5, 5.41) is 0. The van der Waals surface area contributed by atoms with E-state index in [2.05, 4.69) is 31.9 Å². The first-order chi connectivity index (χ1) is 10.1. The Labute approximate surface area is 145 Å². The molecule has 1 aromatic rings. The highest BCUT2D eigenvalue weighted by Gasteiger charge is 2.12. The Morgan fingerprint density at radius 2 is 1.76 bits per heavy atom. The van der Waals surface area contributed by atoms with Crippen LogP contribution >= 0.6 is 31.9 Å². The molecule has 2 radical (unpaired) electrons. The van der Waals surface area contributed by atoms with E-state index < -0.39 is 0 Å². The molecule has 2 rings (SSSR count). The smallest absolute Gasteiger partial charge is 0.0699 e. The normalized spacial score (nSPS) is 24.5. The number of nitrogens with zero attached hydrogens (tertiary/aromatic N) is 1. The molecular formula is C16H21BBr2N2. The Morgan fingerprint density at radius 1 is 1.10 bits per heavy atom. The first-order valence-corrected chi connectivity index (χ1v) is 9.18. The third kappa shape index (κ3) is 5.44. The fraction of sp³-hybridized carbons (Fsp3) is 0.562. The third-order valence-corrected chi connectivity index (χ3v) is 5.14. The van der Waals surface area contributed by atoms with Gasteiger partial charge in [0.1, 0.15) is 0 Å². The maximum absolute atomic E-state index is 6.09. The molecule has 21 heavy (non-hydrogen) atoms. The van der Waals surface area contributed by atoms with E-state index in [0.717, 1.165) is 45.9 Å². The van der Waals surface area contributed by atoms with E-state index in [1.165, 1.54) is 19.3 Å². The van der Waals surface area contributed by atoms with Crippen LogP contribution in [0.3, 0.4) is 0 Å². The Bertz CT molecular complexity index is 505. The van der Waals surface area contributed by atoms with Crippen LogP contribution in [0.5, 0.6) is 0 Å². The third-order valence-electron chi connectivity index (χ3n) is 4.03. The Balaban J connectivity index is 2.05. The average Bonchev–Trinajstić information content (AvgIpc) is 2.53. The molecule has 0 saturated heterocycles. The zero-order valence-electron chi connectivity index (χ0n) is 12.2. The van der Waals surface area contributed by atoms with Gasteiger partial charge in [-0.05, 0) is 40.9 Å². The SMILES string of the molecule is [B]C1CCCCC(N=Cc2cc(Br)cc(Br)c2N)CCC1. The second-order valence-corrected chi connectivity index (χ2v) is 7.57. The predicted octanol–water partition coefficient (Wildman–Crippen LogP) is 5.28. The molecule has 0 aromatic heterocycles. The van der Waals surface area contributed by atoms with E-state index in [9.17, 15) is 0 Å². The van der Waals surface area contributed by atoms with Crippen molar-refractivity contribution in [2.24, 2.45) is 4.99 Å². The quantitative estimate of drug-likeness (QED) is 0.401. The molecule has 0 bridgehead atoms. The molecule has 0 heterocycles. The van der Waals surface area contributed by atoms with Crippen LogP contribution < -0.4 is 5.73 Å². The summed E-state index contributed by atoms with van der Waals surface area (Å²) in [5.41, 5.74) is 7.80. The largest absolute Gasteiger partial charge is 0.397 e. The second kappa shape index (κ2) is 8.37. The Kier molecular flexibility index (Phi) is 6.81. The summed E-state index contributed by atoms with van der Waals surface area (Å²) in [7, 11) is 6.07. The number of hydrogen-bond acceptors (Lipinski definition) is 2. The first kappa shape index (κ1) is 17.1. The molecule has 2 unspecified atom stereocenters. The summed E-state index contributed by atoms with van der Waals surface area (Å²) >= 11 is 6.96. The summed E-state index contributed by atoms with van der Waals surface area (Å²) in [6.07, 6.45) is 10.1. The second-order valence-electron chi connectivity index (χ2n) is 5.80. The van der Waals surface area contributed by atoms with Crippen molar-refractivity contribution in [3.05, 3.63) is 26.6 Å². The van der Waals surface area contributed by atoms with Crippen LogP contribution in [0.4, 0.5) is 5.69 Å². The summed E-state index contributed by atoms with van der Waals surface area (Å²) in [6, 6.07) is 4.36. The van der Waals surface area contributed by atoms with Crippen LogP contribution in [0.15, 0.2) is 26.1 Å². The summed E-state index contributed by atoms with van der Waals surface area (Å²) in [6.45, 7) is 0. The number of hydrogen-bond donors (Lipinski definition) is 1. The topological polar surface area (TPSA) is 38.4 Å². The van der Waals surface area contributed by atoms with Gasteiger partial charge in [0.25, 0.3) is 0 Å². The van der Waals surface area contributed by atoms with E-state index in [-0.39, 0.29) is 0 Å². The molecule has 5 heteroatoms. The van der Waals surface area contributed by atoms with Crippen LogP contribution in [0.25, 0.3) is 0 Å². The van der Waals surface area contributed by atoms with E-state index >= 15 is 0 Å². The maximum atomic E-state index is 6.09. The number of anilines is 1. The summed E-state index contributed by atoms with van der Waals surface area (Å²) in [5.74, 6) is 0.379. The van der Waals surface area contributed by atoms with Crippen LogP contribution in [0, 0.1) is 0 Å². The minimum absolute atomic E-state index is 0.379. The molecule has 0 aliphatic heterocycles. The van der Waals surface area contributed by atoms with Gasteiger partial charge in [-0.3, -0.25) is 4.99 Å². The van der Waals surface area contributed by atoms with Crippen molar-refractivity contribution in [2.45, 2.75) is 56.8 Å². The van der Waals surface area contributed by atoms with Crippen molar-refractivity contribution in [3.8, 4) is 0 Å². The molecule has 1 aliphatic carbocycles. The number of nitrogen functional groups attached to an aromatic ring is 1. The molecule has 2 N–H and O–H groups in total. The van der Waals surface area contributed by atoms with Crippen molar-refractivity contribution in [2.75, 3.05) is 5.73 Å². The van der Waals surface area contributed by atoms with Crippen molar-refractivity contribution >= 4 is 51.6 Å². The van der Waals surface area contributed by atoms with Crippen LogP contribution in [-0.4, -0.2) is 20.1 Å². The number of halogens is 2. The monoisotopic (exact) mass is 410 g/mol. The van der Waals surface area contributed by atoms with Crippen LogP contribution in [0.1, 0.15) is 50.5 Å². The van der Waals surface area contributed by atoms with Gasteiger partial charge in [-0.2, -0.15) is 0 Å². The fourth-order valence-electron chi connectivity index (χ4n) is 2.74. The van der Waals surface area contributed by atoms with Gasteiger partial charge < -0.3 is 5.73 Å². The van der Waals surface area contributed by atoms with Gasteiger partial charge in [-0.1, -0.05) is 53.9 Å². The highest BCUT2D eigenvalue weighted by atomic mass is 79.9. The van der Waals surface area contributed by atoms with Crippen molar-refractivity contribution < 1.29 is 0 Å². The molecule has 0 spiro atoms. The van der Waals surface area contributed by atoms with E-state index in [0.29, 0.717) is 11.9 Å². The standard InChI is InChI=1S/C16H21BBr2N2/c17-12-4-1-2-6-14(7-3-5-12)21-10-11-8-13(18)9-15(19)16(11)20/h8-10,12,14H,1-7,20H2. The minimum atomic E-state index is 0.379. The molecule has 1 saturated carbocycles. The zero-order chi connectivity index (χ0) is 15.2. The number of nitrogens with two attached hydrogens (primary N) is 1. The minimum Gasteiger partial charge on any atom is -0.397 e. The molecule has 112 valence electrons. The predicted molar refractivity (Wildman–Crippen MR) is 99.5 cm³/mol. The van der Waals surface area contributed by atoms with Gasteiger partial charge in [0.15, 0.2) is 0 Å². The lowest BCUT2D eigenvalue weighted by molar-refractivity contribution is 0.537. The fourth-order valence-corrected chi connectivity index (χ4v) is 4.00. The number of rotatable bonds is 2. The average molecular weight is 412 g/mol. The Hall–Kier alpha value is -0.285. The molecular weight excluding hydrogens is 391 g/mol. The lowest BCUT2D eigenvalue weighted by Crippen LogP contribution is -2.05. The van der Waals surface area contributed by atoms with Gasteiger partial charge in [0.2, 0.25) is 0 Å². The van der Waals surface area contributed by atoms with Gasteiger partial charge >= 0.3 is 0 Å². The molecule has 2 atom stereocenters. The van der Waals surface area contributed by atoms with Gasteiger partial charge in [-0.25, -0.2) is 0 Å². The molecule has 0 amide bonds. The number of benzene rings is 1. The van der Waals surface area contributed by atoms with E-state index in [4.69, 9.17) is 18.6 Å². The van der Waals surface area contributed by atoms with Gasteiger partial charge in [0.05, 0.1) is 13.5 Å². The van der Waals surface area contributed by atoms with Crippen molar-refractivity contribution in [1.29, 1.82) is 0 Å². The molecule has 2 nitrogen and oxygen atoms in total. The van der Waals surface area contributed by atoms with Crippen molar-refractivity contribution in [1.82, 2.24) is 0 Å². The van der Waals surface area contributed by atoms with Crippen LogP contribution in [-0.2, 0) is 0 Å². The lowest BCUT2D eigenvalue weighted by atomic mass is 9.80. The molecule has 1 fully saturated rings. The van der Waals surface area contributed by atoms with E-state index in [1.54, 1.807) is 0 Å². The van der Waals surface area contributed by atoms with Gasteiger partial charge in [-0.15, -0.1) is 0 Å².